The van der Waals surface area contributed by atoms with Crippen molar-refractivity contribution in [3.8, 4) is 5.75 Å². The number of hydrogen-bond acceptors (Lipinski definition) is 7. The van der Waals surface area contributed by atoms with Gasteiger partial charge in [-0.1, -0.05) is 25.1 Å². The Morgan fingerprint density at radius 1 is 1.27 bits per heavy atom. The number of nitrogens with zero attached hydrogens (tertiary/aromatic N) is 1. The molecule has 0 bridgehead atoms. The molecule has 2 aromatic rings. The molecule has 37 heavy (non-hydrogen) atoms. The number of fused-ring (bicyclic) bond motifs is 1. The van der Waals surface area contributed by atoms with Gasteiger partial charge in [-0.3, -0.25) is 4.79 Å². The number of aliphatic hydroxyl groups excluding tert-OH is 1. The van der Waals surface area contributed by atoms with Crippen LogP contribution in [0.3, 0.4) is 0 Å². The highest BCUT2D eigenvalue weighted by Gasteiger charge is 2.66. The molecular formula is C24H23F5N4O4. The van der Waals surface area contributed by atoms with Gasteiger partial charge in [-0.25, -0.2) is 9.82 Å². The number of benzene rings is 2. The number of anilines is 1. The van der Waals surface area contributed by atoms with E-state index in [9.17, 15) is 31.9 Å². The van der Waals surface area contributed by atoms with Gasteiger partial charge in [0.25, 0.3) is 5.91 Å². The minimum Gasteiger partial charge on any atom is -0.494 e. The van der Waals surface area contributed by atoms with E-state index in [4.69, 9.17) is 15.2 Å². The molecule has 0 radical (unpaired) electrons. The standard InChI is InChI=1S/C24H23F5N4O4/c1-10-17(12-7-8-14(25)18(26)19(12)36-3)20(37-23(10,2)24(27,28)29)22(35)31-15-6-4-5-11-13(15)9-16(34)32-33-21(11)30/h4-10,17,20,32,34H,1-3H3,(H2,30,33)(H,31,35)/t10-,17-,20+,23+/m0/s1. The molecule has 1 amide bonds. The zero-order chi connectivity index (χ0) is 27.3. The maximum atomic E-state index is 14.5. The Labute approximate surface area is 207 Å². The number of amides is 1. The second-order valence-electron chi connectivity index (χ2n) is 8.84. The second kappa shape index (κ2) is 9.21. The van der Waals surface area contributed by atoms with Gasteiger partial charge in [0.2, 0.25) is 11.7 Å². The molecule has 2 aliphatic rings. The third-order valence-electron chi connectivity index (χ3n) is 6.78. The van der Waals surface area contributed by atoms with Crippen LogP contribution in [-0.4, -0.2) is 41.8 Å². The number of halogens is 5. The van der Waals surface area contributed by atoms with E-state index in [-0.39, 0.29) is 22.6 Å². The van der Waals surface area contributed by atoms with Crippen LogP contribution in [0, 0.1) is 17.6 Å². The van der Waals surface area contributed by atoms with E-state index in [1.165, 1.54) is 25.1 Å². The Kier molecular flexibility index (Phi) is 6.52. The molecule has 8 nitrogen and oxygen atoms in total. The van der Waals surface area contributed by atoms with Gasteiger partial charge < -0.3 is 25.6 Å². The minimum absolute atomic E-state index is 0.0221. The lowest BCUT2D eigenvalue weighted by atomic mass is 9.77. The number of nitrogens with one attached hydrogen (secondary N) is 2. The van der Waals surface area contributed by atoms with Crippen molar-refractivity contribution in [2.45, 2.75) is 37.6 Å². The first kappa shape index (κ1) is 26.2. The summed E-state index contributed by atoms with van der Waals surface area (Å²) in [5.74, 6) is -7.50. The van der Waals surface area contributed by atoms with Crippen LogP contribution in [-0.2, 0) is 9.53 Å². The summed E-state index contributed by atoms with van der Waals surface area (Å²) in [6.07, 6.45) is -5.47. The number of hydrazone groups is 1. The quantitative estimate of drug-likeness (QED) is 0.445. The minimum atomic E-state index is -4.90. The van der Waals surface area contributed by atoms with Gasteiger partial charge in [0.15, 0.2) is 23.0 Å². The number of rotatable bonds is 4. The number of nitrogens with two attached hydrogens (primary N) is 1. The fraction of sp³-hybridized carbons (Fsp3) is 0.333. The molecule has 1 fully saturated rings. The van der Waals surface area contributed by atoms with Crippen LogP contribution < -0.4 is 21.2 Å². The highest BCUT2D eigenvalue weighted by atomic mass is 19.4. The van der Waals surface area contributed by atoms with Crippen molar-refractivity contribution in [1.82, 2.24) is 5.43 Å². The van der Waals surface area contributed by atoms with E-state index in [1.54, 1.807) is 6.07 Å². The van der Waals surface area contributed by atoms with Crippen molar-refractivity contribution in [3.05, 3.63) is 64.5 Å². The molecule has 13 heteroatoms. The molecule has 2 heterocycles. The Hall–Kier alpha value is -3.87. The molecule has 0 saturated carbocycles. The van der Waals surface area contributed by atoms with Crippen molar-refractivity contribution in [1.29, 1.82) is 0 Å². The lowest BCUT2D eigenvalue weighted by Gasteiger charge is -2.32. The smallest absolute Gasteiger partial charge is 0.417 e. The number of carbonyl (C=O) groups excluding carboxylic acids is 1. The first-order valence-electron chi connectivity index (χ1n) is 11.0. The Balaban J connectivity index is 1.80. The van der Waals surface area contributed by atoms with Gasteiger partial charge in [-0.05, 0) is 19.1 Å². The molecule has 0 aromatic heterocycles. The van der Waals surface area contributed by atoms with E-state index in [0.717, 1.165) is 26.2 Å². The summed E-state index contributed by atoms with van der Waals surface area (Å²) in [7, 11) is 1.04. The fourth-order valence-corrected chi connectivity index (χ4v) is 4.64. The lowest BCUT2D eigenvalue weighted by molar-refractivity contribution is -0.272. The van der Waals surface area contributed by atoms with Gasteiger partial charge >= 0.3 is 6.18 Å². The molecular weight excluding hydrogens is 503 g/mol. The molecule has 198 valence electrons. The van der Waals surface area contributed by atoms with Crippen LogP contribution in [0.15, 0.2) is 41.3 Å². The summed E-state index contributed by atoms with van der Waals surface area (Å²) in [4.78, 5) is 13.5. The van der Waals surface area contributed by atoms with Gasteiger partial charge in [-0.15, -0.1) is 0 Å². The number of carbonyl (C=O) groups is 1. The van der Waals surface area contributed by atoms with Crippen molar-refractivity contribution in [3.63, 3.8) is 0 Å². The monoisotopic (exact) mass is 526 g/mol. The molecule has 2 aliphatic heterocycles. The predicted molar refractivity (Wildman–Crippen MR) is 124 cm³/mol. The Bertz CT molecular complexity index is 1310. The third-order valence-corrected chi connectivity index (χ3v) is 6.78. The number of alkyl halides is 3. The van der Waals surface area contributed by atoms with Crippen LogP contribution in [0.5, 0.6) is 5.75 Å². The molecule has 0 unspecified atom stereocenters. The average molecular weight is 526 g/mol. The number of aliphatic hydroxyl groups is 1. The predicted octanol–water partition coefficient (Wildman–Crippen LogP) is 4.13. The largest absolute Gasteiger partial charge is 0.494 e. The number of methoxy groups -OCH3 is 1. The summed E-state index contributed by atoms with van der Waals surface area (Å²) in [5.41, 5.74) is 5.87. The third kappa shape index (κ3) is 4.32. The van der Waals surface area contributed by atoms with E-state index < -0.39 is 58.9 Å². The molecule has 0 aliphatic carbocycles. The summed E-state index contributed by atoms with van der Waals surface area (Å²) >= 11 is 0. The summed E-state index contributed by atoms with van der Waals surface area (Å²) in [5, 5.41) is 16.2. The van der Waals surface area contributed by atoms with Crippen molar-refractivity contribution in [2.75, 3.05) is 12.4 Å². The van der Waals surface area contributed by atoms with Gasteiger partial charge in [0, 0.05) is 40.3 Å². The van der Waals surface area contributed by atoms with E-state index in [2.05, 4.69) is 15.8 Å². The maximum Gasteiger partial charge on any atom is 0.417 e. The molecule has 5 N–H and O–H groups in total. The van der Waals surface area contributed by atoms with Crippen LogP contribution in [0.1, 0.15) is 36.5 Å². The topological polar surface area (TPSA) is 118 Å². The van der Waals surface area contributed by atoms with Crippen LogP contribution in [0.2, 0.25) is 0 Å². The fourth-order valence-electron chi connectivity index (χ4n) is 4.64. The normalized spacial score (nSPS) is 25.4. The van der Waals surface area contributed by atoms with Crippen LogP contribution in [0.25, 0.3) is 6.08 Å². The van der Waals surface area contributed by atoms with E-state index in [1.807, 2.05) is 0 Å². The number of hydrogen-bond donors (Lipinski definition) is 4. The Morgan fingerprint density at radius 2 is 1.97 bits per heavy atom. The SMILES string of the molecule is COc1c([C@H]2[C@H](C(=O)Nc3cccc4c3C=C(O)NN=C4N)O[C@@](C)(C(F)(F)F)[C@H]2C)ccc(F)c1F. The van der Waals surface area contributed by atoms with Crippen molar-refractivity contribution < 1.29 is 41.3 Å². The zero-order valence-electron chi connectivity index (χ0n) is 19.8. The van der Waals surface area contributed by atoms with Crippen molar-refractivity contribution >= 4 is 23.5 Å². The first-order chi connectivity index (χ1) is 17.3. The maximum absolute atomic E-state index is 14.5. The highest BCUT2D eigenvalue weighted by molar-refractivity contribution is 6.05. The molecule has 0 spiro atoms. The first-order valence-corrected chi connectivity index (χ1v) is 11.0. The molecule has 4 atom stereocenters. The Morgan fingerprint density at radius 3 is 2.62 bits per heavy atom. The van der Waals surface area contributed by atoms with E-state index in [0.29, 0.717) is 5.56 Å². The van der Waals surface area contributed by atoms with Crippen LogP contribution >= 0.6 is 0 Å². The zero-order valence-corrected chi connectivity index (χ0v) is 19.8. The van der Waals surface area contributed by atoms with Gasteiger partial charge in [0.05, 0.1) is 7.11 Å². The lowest BCUT2D eigenvalue weighted by Crippen LogP contribution is -2.47. The van der Waals surface area contributed by atoms with Crippen molar-refractivity contribution in [2.24, 2.45) is 16.8 Å². The molecule has 2 aromatic carbocycles. The summed E-state index contributed by atoms with van der Waals surface area (Å²) < 4.78 is 81.2. The second-order valence-corrected chi connectivity index (χ2v) is 8.84. The average Bonchev–Trinajstić information content (AvgIpc) is 3.02. The molecule has 4 rings (SSSR count). The van der Waals surface area contributed by atoms with Gasteiger partial charge in [0.1, 0.15) is 6.10 Å². The number of ether oxygens (including phenoxy) is 2. The summed E-state index contributed by atoms with van der Waals surface area (Å²) in [6.45, 7) is 2.01. The van der Waals surface area contributed by atoms with Crippen LogP contribution in [0.4, 0.5) is 27.6 Å². The highest BCUT2D eigenvalue weighted by Crippen LogP contribution is 2.55. The van der Waals surface area contributed by atoms with E-state index >= 15 is 0 Å². The van der Waals surface area contributed by atoms with Gasteiger partial charge in [-0.2, -0.15) is 22.7 Å². The molecule has 1 saturated heterocycles. The summed E-state index contributed by atoms with van der Waals surface area (Å²) in [6, 6.07) is 6.33. The number of amidine groups is 1.